The number of anilines is 1. The van der Waals surface area contributed by atoms with Crippen molar-refractivity contribution in [2.24, 2.45) is 0 Å². The van der Waals surface area contributed by atoms with Crippen molar-refractivity contribution in [3.05, 3.63) is 12.1 Å². The Labute approximate surface area is 148 Å². The van der Waals surface area contributed by atoms with Crippen LogP contribution in [0.25, 0.3) is 0 Å². The van der Waals surface area contributed by atoms with Crippen LogP contribution in [0.5, 0.6) is 17.2 Å². The van der Waals surface area contributed by atoms with E-state index in [4.69, 9.17) is 18.9 Å². The summed E-state index contributed by atoms with van der Waals surface area (Å²) >= 11 is 0. The molecular formula is C18H26N2O5. The molecule has 0 atom stereocenters. The second kappa shape index (κ2) is 6.90. The molecule has 7 nitrogen and oxygen atoms in total. The zero-order valence-corrected chi connectivity index (χ0v) is 15.3. The molecule has 0 spiro atoms. The summed E-state index contributed by atoms with van der Waals surface area (Å²) in [6.07, 6.45) is -0.264. The topological polar surface area (TPSA) is 60.5 Å². The maximum atomic E-state index is 12.2. The van der Waals surface area contributed by atoms with Gasteiger partial charge in [-0.05, 0) is 20.8 Å². The van der Waals surface area contributed by atoms with Crippen molar-refractivity contribution < 1.29 is 23.7 Å². The quantitative estimate of drug-likeness (QED) is 0.817. The second-order valence-electron chi connectivity index (χ2n) is 7.13. The molecule has 0 unspecified atom stereocenters. The van der Waals surface area contributed by atoms with Crippen LogP contribution < -0.4 is 19.1 Å². The third-order valence-electron chi connectivity index (χ3n) is 4.10. The minimum atomic E-state index is -0.481. The van der Waals surface area contributed by atoms with Crippen LogP contribution in [0.15, 0.2) is 12.1 Å². The number of hydrogen-bond donors (Lipinski definition) is 0. The van der Waals surface area contributed by atoms with Gasteiger partial charge in [0.05, 0.1) is 12.8 Å². The Hall–Kier alpha value is -2.31. The largest absolute Gasteiger partial charge is 0.497 e. The highest BCUT2D eigenvalue weighted by Crippen LogP contribution is 2.43. The van der Waals surface area contributed by atoms with Crippen molar-refractivity contribution in [3.8, 4) is 17.2 Å². The van der Waals surface area contributed by atoms with Crippen LogP contribution >= 0.6 is 0 Å². The smallest absolute Gasteiger partial charge is 0.410 e. The Kier molecular flexibility index (Phi) is 4.83. The van der Waals surface area contributed by atoms with Crippen molar-refractivity contribution in [1.29, 1.82) is 0 Å². The third-order valence-corrected chi connectivity index (χ3v) is 4.10. The highest BCUT2D eigenvalue weighted by molar-refractivity contribution is 5.71. The third kappa shape index (κ3) is 4.03. The van der Waals surface area contributed by atoms with Crippen LogP contribution in [0.3, 0.4) is 0 Å². The number of amides is 1. The summed E-state index contributed by atoms with van der Waals surface area (Å²) in [5.74, 6) is 2.18. The molecule has 1 amide bonds. The van der Waals surface area contributed by atoms with Gasteiger partial charge < -0.3 is 28.7 Å². The first-order valence-electron chi connectivity index (χ1n) is 8.58. The van der Waals surface area contributed by atoms with Gasteiger partial charge in [-0.15, -0.1) is 0 Å². The lowest BCUT2D eigenvalue weighted by molar-refractivity contribution is 0.0240. The highest BCUT2D eigenvalue weighted by Gasteiger charge is 2.29. The molecule has 0 N–H and O–H groups in total. The van der Waals surface area contributed by atoms with Crippen molar-refractivity contribution in [3.63, 3.8) is 0 Å². The molecule has 2 heterocycles. The predicted octanol–water partition coefficient (Wildman–Crippen LogP) is 2.52. The first-order chi connectivity index (χ1) is 11.9. The summed E-state index contributed by atoms with van der Waals surface area (Å²) in [5, 5.41) is 0. The minimum Gasteiger partial charge on any atom is -0.497 e. The molecule has 3 rings (SSSR count). The lowest BCUT2D eigenvalue weighted by atomic mass is 10.2. The molecule has 0 bridgehead atoms. The van der Waals surface area contributed by atoms with Crippen molar-refractivity contribution in [2.75, 3.05) is 51.4 Å². The van der Waals surface area contributed by atoms with Gasteiger partial charge in [-0.2, -0.15) is 0 Å². The number of ether oxygens (including phenoxy) is 4. The first kappa shape index (κ1) is 17.5. The molecule has 25 heavy (non-hydrogen) atoms. The summed E-state index contributed by atoms with van der Waals surface area (Å²) in [5.41, 5.74) is 0.462. The fraction of sp³-hybridized carbons (Fsp3) is 0.611. The fourth-order valence-electron chi connectivity index (χ4n) is 2.92. The van der Waals surface area contributed by atoms with E-state index in [0.29, 0.717) is 45.1 Å². The molecule has 1 aromatic rings. The lowest BCUT2D eigenvalue weighted by Crippen LogP contribution is -2.50. The van der Waals surface area contributed by atoms with E-state index in [1.807, 2.05) is 32.9 Å². The summed E-state index contributed by atoms with van der Waals surface area (Å²) in [6.45, 7) is 9.28. The molecule has 0 aromatic heterocycles. The second-order valence-corrected chi connectivity index (χ2v) is 7.13. The van der Waals surface area contributed by atoms with Crippen LogP contribution in [-0.4, -0.2) is 63.1 Å². The number of piperazine rings is 1. The van der Waals surface area contributed by atoms with Gasteiger partial charge in [0.15, 0.2) is 11.5 Å². The van der Waals surface area contributed by atoms with Crippen molar-refractivity contribution in [2.45, 2.75) is 26.4 Å². The average molecular weight is 350 g/mol. The molecule has 1 saturated heterocycles. The standard InChI is InChI=1S/C18H26N2O5/c1-18(2,3)25-17(21)20-7-5-19(6-8-20)14-11-13(22-4)12-15-16(14)24-10-9-23-15/h11-12H,5-10H2,1-4H3. The Bertz CT molecular complexity index is 633. The Balaban J connectivity index is 1.72. The molecule has 1 fully saturated rings. The SMILES string of the molecule is COc1cc2c(c(N3CCN(C(=O)OC(C)(C)C)CC3)c1)OCCO2. The van der Waals surface area contributed by atoms with E-state index in [1.54, 1.807) is 12.0 Å². The molecule has 2 aliphatic rings. The van der Waals surface area contributed by atoms with Gasteiger partial charge in [0, 0.05) is 38.3 Å². The molecule has 0 saturated carbocycles. The zero-order chi connectivity index (χ0) is 18.0. The average Bonchev–Trinajstić information content (AvgIpc) is 2.59. The van der Waals surface area contributed by atoms with Crippen LogP contribution in [0.4, 0.5) is 10.5 Å². The number of carbonyl (C=O) groups is 1. The number of nitrogens with zero attached hydrogens (tertiary/aromatic N) is 2. The molecule has 1 aromatic carbocycles. The summed E-state index contributed by atoms with van der Waals surface area (Å²) < 4.78 is 22.3. The van der Waals surface area contributed by atoms with Gasteiger partial charge in [-0.3, -0.25) is 0 Å². The van der Waals surface area contributed by atoms with E-state index in [-0.39, 0.29) is 6.09 Å². The van der Waals surface area contributed by atoms with E-state index in [2.05, 4.69) is 4.90 Å². The van der Waals surface area contributed by atoms with E-state index in [9.17, 15) is 4.79 Å². The molecule has 2 aliphatic heterocycles. The van der Waals surface area contributed by atoms with Crippen molar-refractivity contribution >= 4 is 11.8 Å². The molecule has 0 radical (unpaired) electrons. The Morgan fingerprint density at radius 2 is 1.76 bits per heavy atom. The molecule has 7 heteroatoms. The molecule has 138 valence electrons. The normalized spacial score (nSPS) is 17.3. The molecular weight excluding hydrogens is 324 g/mol. The summed E-state index contributed by atoms with van der Waals surface area (Å²) in [4.78, 5) is 16.1. The van der Waals surface area contributed by atoms with Crippen LogP contribution in [0, 0.1) is 0 Å². The number of rotatable bonds is 2. The molecule has 0 aliphatic carbocycles. The Morgan fingerprint density at radius 3 is 2.40 bits per heavy atom. The number of hydrogen-bond acceptors (Lipinski definition) is 6. The number of methoxy groups -OCH3 is 1. The van der Waals surface area contributed by atoms with Gasteiger partial charge >= 0.3 is 6.09 Å². The fourth-order valence-corrected chi connectivity index (χ4v) is 2.92. The van der Waals surface area contributed by atoms with E-state index >= 15 is 0 Å². The minimum absolute atomic E-state index is 0.264. The lowest BCUT2D eigenvalue weighted by Gasteiger charge is -2.38. The van der Waals surface area contributed by atoms with Gasteiger partial charge in [0.1, 0.15) is 24.6 Å². The monoisotopic (exact) mass is 350 g/mol. The predicted molar refractivity (Wildman–Crippen MR) is 94.0 cm³/mol. The van der Waals surface area contributed by atoms with Gasteiger partial charge in [0.25, 0.3) is 0 Å². The number of carbonyl (C=O) groups excluding carboxylic acids is 1. The van der Waals surface area contributed by atoms with E-state index in [1.165, 1.54) is 0 Å². The summed E-state index contributed by atoms with van der Waals surface area (Å²) in [7, 11) is 1.63. The summed E-state index contributed by atoms with van der Waals surface area (Å²) in [6, 6.07) is 3.80. The maximum Gasteiger partial charge on any atom is 0.410 e. The number of fused-ring (bicyclic) bond motifs is 1. The van der Waals surface area contributed by atoms with Crippen LogP contribution in [0.2, 0.25) is 0 Å². The highest BCUT2D eigenvalue weighted by atomic mass is 16.6. The Morgan fingerprint density at radius 1 is 1.08 bits per heavy atom. The van der Waals surface area contributed by atoms with Gasteiger partial charge in [-0.25, -0.2) is 4.79 Å². The van der Waals surface area contributed by atoms with E-state index in [0.717, 1.165) is 17.2 Å². The zero-order valence-electron chi connectivity index (χ0n) is 15.3. The first-order valence-corrected chi connectivity index (χ1v) is 8.58. The maximum absolute atomic E-state index is 12.2. The van der Waals surface area contributed by atoms with Crippen molar-refractivity contribution in [1.82, 2.24) is 4.90 Å². The van der Waals surface area contributed by atoms with Gasteiger partial charge in [0.2, 0.25) is 0 Å². The van der Waals surface area contributed by atoms with Crippen LogP contribution in [-0.2, 0) is 4.74 Å². The number of benzene rings is 1. The van der Waals surface area contributed by atoms with E-state index < -0.39 is 5.60 Å². The van der Waals surface area contributed by atoms with Gasteiger partial charge in [-0.1, -0.05) is 0 Å². The van der Waals surface area contributed by atoms with Crippen LogP contribution in [0.1, 0.15) is 20.8 Å².